The first-order valence-electron chi connectivity index (χ1n) is 10.2. The van der Waals surface area contributed by atoms with Crippen LogP contribution in [0.5, 0.6) is 0 Å². The lowest BCUT2D eigenvalue weighted by Gasteiger charge is -2.41. The average molecular weight is 450 g/mol. The molecule has 0 atom stereocenters. The second-order valence-electron chi connectivity index (χ2n) is 7.82. The highest BCUT2D eigenvalue weighted by Gasteiger charge is 2.40. The van der Waals surface area contributed by atoms with Crippen LogP contribution in [-0.2, 0) is 15.4 Å². The minimum absolute atomic E-state index is 0.159. The number of nitrogens with one attached hydrogen (secondary N) is 1. The van der Waals surface area contributed by atoms with Crippen LogP contribution in [0.3, 0.4) is 0 Å². The summed E-state index contributed by atoms with van der Waals surface area (Å²) in [4.78, 5) is 17.5. The van der Waals surface area contributed by atoms with Crippen LogP contribution in [0.15, 0.2) is 42.5 Å². The lowest BCUT2D eigenvalue weighted by molar-refractivity contribution is 0.0932. The zero-order valence-electron chi connectivity index (χ0n) is 17.4. The van der Waals surface area contributed by atoms with Gasteiger partial charge in [0.05, 0.1) is 16.3 Å². The molecule has 1 aliphatic rings. The van der Waals surface area contributed by atoms with Crippen molar-refractivity contribution in [1.29, 1.82) is 0 Å². The fourth-order valence-corrected chi connectivity index (χ4v) is 5.67. The normalized spacial score (nSPS) is 16.9. The van der Waals surface area contributed by atoms with E-state index in [1.165, 1.54) is 0 Å². The number of benzene rings is 1. The first kappa shape index (κ1) is 22.7. The Kier molecular flexibility index (Phi) is 7.16. The molecule has 1 aliphatic heterocycles. The smallest absolute Gasteiger partial charge is 0.252 e. The molecule has 3 rings (SSSR count). The molecular weight excluding hydrogens is 422 g/mol. The Hall–Kier alpha value is -1.96. The van der Waals surface area contributed by atoms with E-state index in [1.54, 1.807) is 28.6 Å². The maximum Gasteiger partial charge on any atom is 0.252 e. The van der Waals surface area contributed by atoms with Crippen LogP contribution in [0.1, 0.15) is 47.9 Å². The highest BCUT2D eigenvalue weighted by Crippen LogP contribution is 2.35. The third-order valence-corrected chi connectivity index (χ3v) is 8.08. The number of amides is 1. The number of carbonyl (C=O) groups excluding carboxylic acids is 1. The molecule has 1 aromatic carbocycles. The molecule has 1 amide bonds. The zero-order chi connectivity index (χ0) is 21.8. The van der Waals surface area contributed by atoms with E-state index in [2.05, 4.69) is 5.32 Å². The number of sulfonamides is 1. The minimum atomic E-state index is -3.25. The Bertz CT molecular complexity index is 1000. The molecule has 0 radical (unpaired) electrons. The van der Waals surface area contributed by atoms with E-state index in [9.17, 15) is 13.2 Å². The van der Waals surface area contributed by atoms with Crippen molar-refractivity contribution < 1.29 is 13.2 Å². The SMILES string of the molecule is CCCS(=O)(=O)N1CCC(CNC(=O)c2ccccc2Cl)(c2cccc(C)n2)CC1. The Balaban J connectivity index is 1.82. The van der Waals surface area contributed by atoms with Crippen molar-refractivity contribution in [2.24, 2.45) is 0 Å². The average Bonchev–Trinajstić information content (AvgIpc) is 2.72. The van der Waals surface area contributed by atoms with E-state index in [0.717, 1.165) is 11.4 Å². The van der Waals surface area contributed by atoms with Gasteiger partial charge in [0, 0.05) is 36.4 Å². The molecule has 2 aromatic rings. The second-order valence-corrected chi connectivity index (χ2v) is 10.3. The van der Waals surface area contributed by atoms with Gasteiger partial charge >= 0.3 is 0 Å². The van der Waals surface area contributed by atoms with Crippen molar-refractivity contribution in [3.8, 4) is 0 Å². The molecule has 1 fully saturated rings. The molecule has 30 heavy (non-hydrogen) atoms. The number of halogens is 1. The van der Waals surface area contributed by atoms with Crippen molar-refractivity contribution >= 4 is 27.5 Å². The molecule has 0 spiro atoms. The van der Waals surface area contributed by atoms with Gasteiger partial charge in [-0.25, -0.2) is 12.7 Å². The summed E-state index contributed by atoms with van der Waals surface area (Å²) in [6, 6.07) is 12.8. The van der Waals surface area contributed by atoms with Crippen LogP contribution in [0, 0.1) is 6.92 Å². The van der Waals surface area contributed by atoms with Gasteiger partial charge in [0.2, 0.25) is 10.0 Å². The molecule has 1 aromatic heterocycles. The Morgan fingerprint density at radius 2 is 1.87 bits per heavy atom. The van der Waals surface area contributed by atoms with E-state index < -0.39 is 15.4 Å². The summed E-state index contributed by atoms with van der Waals surface area (Å²) >= 11 is 6.17. The first-order chi connectivity index (χ1) is 14.3. The highest BCUT2D eigenvalue weighted by molar-refractivity contribution is 7.89. The van der Waals surface area contributed by atoms with E-state index in [0.29, 0.717) is 49.5 Å². The lowest BCUT2D eigenvalue weighted by Crippen LogP contribution is -2.51. The van der Waals surface area contributed by atoms with Crippen LogP contribution in [0.4, 0.5) is 0 Å². The van der Waals surface area contributed by atoms with E-state index in [-0.39, 0.29) is 11.7 Å². The lowest BCUT2D eigenvalue weighted by atomic mass is 9.75. The zero-order valence-corrected chi connectivity index (χ0v) is 19.0. The van der Waals surface area contributed by atoms with Crippen molar-refractivity contribution in [3.05, 3.63) is 64.4 Å². The molecular formula is C22H28ClN3O3S. The number of aromatic nitrogens is 1. The Morgan fingerprint density at radius 1 is 1.17 bits per heavy atom. The standard InChI is InChI=1S/C22H28ClN3O3S/c1-3-15-30(28,29)26-13-11-22(12-14-26,20-10-6-7-17(2)25-20)16-24-21(27)18-8-4-5-9-19(18)23/h4-10H,3,11-16H2,1-2H3,(H,24,27). The Morgan fingerprint density at radius 3 is 2.50 bits per heavy atom. The largest absolute Gasteiger partial charge is 0.351 e. The fraction of sp³-hybridized carbons (Fsp3) is 0.455. The van der Waals surface area contributed by atoms with Crippen LogP contribution < -0.4 is 5.32 Å². The highest BCUT2D eigenvalue weighted by atomic mass is 35.5. The number of aryl methyl sites for hydroxylation is 1. The summed E-state index contributed by atoms with van der Waals surface area (Å²) in [5, 5.41) is 3.42. The number of hydrogen-bond acceptors (Lipinski definition) is 4. The first-order valence-corrected chi connectivity index (χ1v) is 12.2. The van der Waals surface area contributed by atoms with E-state index in [1.807, 2.05) is 32.0 Å². The van der Waals surface area contributed by atoms with Crippen molar-refractivity contribution in [2.45, 2.75) is 38.5 Å². The molecule has 0 bridgehead atoms. The maximum atomic E-state index is 12.7. The van der Waals surface area contributed by atoms with Gasteiger partial charge in [0.25, 0.3) is 5.91 Å². The minimum Gasteiger partial charge on any atom is -0.351 e. The number of hydrogen-bond donors (Lipinski definition) is 1. The van der Waals surface area contributed by atoms with Crippen molar-refractivity contribution in [1.82, 2.24) is 14.6 Å². The van der Waals surface area contributed by atoms with Gasteiger partial charge in [0.15, 0.2) is 0 Å². The molecule has 6 nitrogen and oxygen atoms in total. The predicted molar refractivity (Wildman–Crippen MR) is 119 cm³/mol. The fourth-order valence-electron chi connectivity index (χ4n) is 3.93. The quantitative estimate of drug-likeness (QED) is 0.701. The molecule has 162 valence electrons. The summed E-state index contributed by atoms with van der Waals surface area (Å²) in [6.45, 7) is 5.00. The monoisotopic (exact) mass is 449 g/mol. The van der Waals surface area contributed by atoms with Crippen LogP contribution >= 0.6 is 11.6 Å². The van der Waals surface area contributed by atoms with Gasteiger partial charge in [-0.2, -0.15) is 0 Å². The maximum absolute atomic E-state index is 12.7. The summed E-state index contributed by atoms with van der Waals surface area (Å²) in [5.74, 6) is -0.0833. The molecule has 0 aliphatic carbocycles. The predicted octanol–water partition coefficient (Wildman–Crippen LogP) is 3.55. The van der Waals surface area contributed by atoms with Gasteiger partial charge < -0.3 is 5.32 Å². The van der Waals surface area contributed by atoms with Crippen molar-refractivity contribution in [2.75, 3.05) is 25.4 Å². The molecule has 1 saturated heterocycles. The molecule has 2 heterocycles. The Labute approximate surface area is 183 Å². The third-order valence-electron chi connectivity index (χ3n) is 5.67. The molecule has 8 heteroatoms. The number of pyridine rings is 1. The van der Waals surface area contributed by atoms with Crippen LogP contribution in [-0.4, -0.2) is 49.0 Å². The third kappa shape index (κ3) is 5.02. The molecule has 0 unspecified atom stereocenters. The summed E-state index contributed by atoms with van der Waals surface area (Å²) in [5.41, 5.74) is 1.77. The second kappa shape index (κ2) is 9.45. The van der Waals surface area contributed by atoms with Gasteiger partial charge in [-0.15, -0.1) is 0 Å². The number of nitrogens with zero attached hydrogens (tertiary/aromatic N) is 2. The van der Waals surface area contributed by atoms with Crippen molar-refractivity contribution in [3.63, 3.8) is 0 Å². The van der Waals surface area contributed by atoms with Gasteiger partial charge in [-0.1, -0.05) is 36.7 Å². The topological polar surface area (TPSA) is 79.4 Å². The summed E-state index contributed by atoms with van der Waals surface area (Å²) < 4.78 is 26.6. The number of carbonyl (C=O) groups is 1. The van der Waals surface area contributed by atoms with E-state index in [4.69, 9.17) is 16.6 Å². The number of piperidine rings is 1. The van der Waals surface area contributed by atoms with Gasteiger partial charge in [-0.3, -0.25) is 9.78 Å². The summed E-state index contributed by atoms with van der Waals surface area (Å²) in [6.07, 6.45) is 1.78. The van der Waals surface area contributed by atoms with Crippen LogP contribution in [0.25, 0.3) is 0 Å². The molecule has 1 N–H and O–H groups in total. The van der Waals surface area contributed by atoms with Crippen LogP contribution in [0.2, 0.25) is 5.02 Å². The van der Waals surface area contributed by atoms with Gasteiger partial charge in [0.1, 0.15) is 0 Å². The number of rotatable bonds is 7. The summed E-state index contributed by atoms with van der Waals surface area (Å²) in [7, 11) is -3.25. The van der Waals surface area contributed by atoms with Gasteiger partial charge in [-0.05, 0) is 50.5 Å². The van der Waals surface area contributed by atoms with E-state index >= 15 is 0 Å². The molecule has 0 saturated carbocycles.